The first-order chi connectivity index (χ1) is 8.77. The predicted molar refractivity (Wildman–Crippen MR) is 74.5 cm³/mol. The molecule has 2 N–H and O–H groups in total. The number of ether oxygens (including phenoxy) is 1. The Balaban J connectivity index is 1.74. The second-order valence-corrected chi connectivity index (χ2v) is 6.58. The van der Waals surface area contributed by atoms with Gasteiger partial charge in [0.2, 0.25) is 0 Å². The standard InChI is InChI=1S/C16H27NO/c17-15-6-4-5-13(11-15)14-7-10-18-16(12-14)8-2-1-3-9-16/h15H,1-12,17H2. The highest BCUT2D eigenvalue weighted by molar-refractivity contribution is 5.21. The molecular formula is C16H27NO. The number of nitrogens with two attached hydrogens (primary N) is 1. The normalized spacial score (nSPS) is 36.8. The predicted octanol–water partition coefficient (Wildman–Crippen LogP) is 3.70. The third-order valence-corrected chi connectivity index (χ3v) is 5.17. The largest absolute Gasteiger partial charge is 0.374 e. The van der Waals surface area contributed by atoms with E-state index in [-0.39, 0.29) is 5.60 Å². The highest BCUT2D eigenvalue weighted by atomic mass is 16.5. The van der Waals surface area contributed by atoms with Crippen LogP contribution in [0.2, 0.25) is 0 Å². The lowest BCUT2D eigenvalue weighted by Gasteiger charge is -2.42. The summed E-state index contributed by atoms with van der Waals surface area (Å²) in [6, 6.07) is 0.423. The molecule has 1 unspecified atom stereocenters. The van der Waals surface area contributed by atoms with Gasteiger partial charge in [0.05, 0.1) is 12.2 Å². The van der Waals surface area contributed by atoms with E-state index in [0.29, 0.717) is 6.04 Å². The third-order valence-electron chi connectivity index (χ3n) is 5.17. The van der Waals surface area contributed by atoms with Gasteiger partial charge in [-0.15, -0.1) is 0 Å². The zero-order valence-electron chi connectivity index (χ0n) is 11.5. The Hall–Kier alpha value is -0.340. The van der Waals surface area contributed by atoms with Crippen molar-refractivity contribution in [2.45, 2.75) is 82.3 Å². The van der Waals surface area contributed by atoms with E-state index in [0.717, 1.165) is 13.0 Å². The summed E-state index contributed by atoms with van der Waals surface area (Å²) in [5.74, 6) is 0. The molecule has 0 aromatic heterocycles. The summed E-state index contributed by atoms with van der Waals surface area (Å²) < 4.78 is 6.19. The maximum absolute atomic E-state index is 6.19. The fraction of sp³-hybridized carbons (Fsp3) is 0.875. The van der Waals surface area contributed by atoms with Crippen LogP contribution in [0, 0.1) is 0 Å². The van der Waals surface area contributed by atoms with Crippen molar-refractivity contribution in [3.63, 3.8) is 0 Å². The Morgan fingerprint density at radius 3 is 2.61 bits per heavy atom. The van der Waals surface area contributed by atoms with Gasteiger partial charge in [-0.2, -0.15) is 0 Å². The first kappa shape index (κ1) is 12.7. The topological polar surface area (TPSA) is 35.2 Å². The van der Waals surface area contributed by atoms with Crippen LogP contribution in [0.1, 0.15) is 70.6 Å². The molecule has 3 fully saturated rings. The lowest BCUT2D eigenvalue weighted by molar-refractivity contribution is -0.0844. The monoisotopic (exact) mass is 249 g/mol. The van der Waals surface area contributed by atoms with Crippen molar-refractivity contribution in [2.24, 2.45) is 5.73 Å². The van der Waals surface area contributed by atoms with E-state index in [1.165, 1.54) is 64.2 Å². The molecule has 2 aliphatic carbocycles. The number of hydrogen-bond acceptors (Lipinski definition) is 2. The second-order valence-electron chi connectivity index (χ2n) is 6.58. The summed E-state index contributed by atoms with van der Waals surface area (Å²) in [7, 11) is 0. The summed E-state index contributed by atoms with van der Waals surface area (Å²) in [5, 5.41) is 0. The van der Waals surface area contributed by atoms with Gasteiger partial charge in [-0.05, 0) is 51.4 Å². The maximum Gasteiger partial charge on any atom is 0.0719 e. The Bertz CT molecular complexity index is 322. The van der Waals surface area contributed by atoms with Crippen LogP contribution in [0.25, 0.3) is 0 Å². The summed E-state index contributed by atoms with van der Waals surface area (Å²) in [6.07, 6.45) is 14.1. The van der Waals surface area contributed by atoms with Crippen molar-refractivity contribution in [2.75, 3.05) is 6.61 Å². The van der Waals surface area contributed by atoms with E-state index in [1.54, 1.807) is 11.1 Å². The molecule has 3 aliphatic rings. The minimum atomic E-state index is 0.223. The van der Waals surface area contributed by atoms with Gasteiger partial charge in [0.15, 0.2) is 0 Å². The Morgan fingerprint density at radius 2 is 1.83 bits per heavy atom. The molecule has 1 spiro atoms. The summed E-state index contributed by atoms with van der Waals surface area (Å²) in [5.41, 5.74) is 9.78. The van der Waals surface area contributed by atoms with Crippen LogP contribution in [0.5, 0.6) is 0 Å². The lowest BCUT2D eigenvalue weighted by Crippen LogP contribution is -2.39. The Labute approximate surface area is 111 Å². The molecule has 2 saturated carbocycles. The SMILES string of the molecule is NC1CCCC(=C2CCOC3(CCCCC3)C2)C1. The van der Waals surface area contributed by atoms with Gasteiger partial charge >= 0.3 is 0 Å². The van der Waals surface area contributed by atoms with Crippen molar-refractivity contribution < 1.29 is 4.74 Å². The molecule has 0 aromatic rings. The van der Waals surface area contributed by atoms with Gasteiger partial charge in [-0.25, -0.2) is 0 Å². The van der Waals surface area contributed by atoms with Gasteiger partial charge in [0.1, 0.15) is 0 Å². The van der Waals surface area contributed by atoms with Gasteiger partial charge in [-0.3, -0.25) is 0 Å². The average molecular weight is 249 g/mol. The minimum absolute atomic E-state index is 0.223. The van der Waals surface area contributed by atoms with Crippen LogP contribution >= 0.6 is 0 Å². The first-order valence-corrected chi connectivity index (χ1v) is 7.87. The van der Waals surface area contributed by atoms with Gasteiger partial charge in [0.25, 0.3) is 0 Å². The average Bonchev–Trinajstić information content (AvgIpc) is 2.40. The van der Waals surface area contributed by atoms with Crippen molar-refractivity contribution in [1.29, 1.82) is 0 Å². The van der Waals surface area contributed by atoms with E-state index in [1.807, 2.05) is 0 Å². The summed E-state index contributed by atoms with van der Waals surface area (Å²) in [6.45, 7) is 0.952. The maximum atomic E-state index is 6.19. The fourth-order valence-electron chi connectivity index (χ4n) is 4.16. The molecule has 18 heavy (non-hydrogen) atoms. The highest BCUT2D eigenvalue weighted by Crippen LogP contribution is 2.42. The number of hydrogen-bond donors (Lipinski definition) is 1. The van der Waals surface area contributed by atoms with Crippen LogP contribution in [0.4, 0.5) is 0 Å². The summed E-state index contributed by atoms with van der Waals surface area (Å²) >= 11 is 0. The molecule has 0 bridgehead atoms. The highest BCUT2D eigenvalue weighted by Gasteiger charge is 2.37. The molecular weight excluding hydrogens is 222 g/mol. The van der Waals surface area contributed by atoms with Crippen molar-refractivity contribution in [3.8, 4) is 0 Å². The molecule has 2 heteroatoms. The second kappa shape index (κ2) is 5.34. The quantitative estimate of drug-likeness (QED) is 0.664. The molecule has 0 aromatic carbocycles. The molecule has 1 heterocycles. The van der Waals surface area contributed by atoms with Crippen LogP contribution in [-0.2, 0) is 4.74 Å². The molecule has 102 valence electrons. The van der Waals surface area contributed by atoms with Crippen molar-refractivity contribution in [3.05, 3.63) is 11.1 Å². The zero-order valence-corrected chi connectivity index (χ0v) is 11.5. The fourth-order valence-corrected chi connectivity index (χ4v) is 4.16. The summed E-state index contributed by atoms with van der Waals surface area (Å²) in [4.78, 5) is 0. The molecule has 1 aliphatic heterocycles. The van der Waals surface area contributed by atoms with Crippen LogP contribution in [0.15, 0.2) is 11.1 Å². The smallest absolute Gasteiger partial charge is 0.0719 e. The molecule has 1 saturated heterocycles. The minimum Gasteiger partial charge on any atom is -0.374 e. The van der Waals surface area contributed by atoms with E-state index in [2.05, 4.69) is 0 Å². The Morgan fingerprint density at radius 1 is 1.00 bits per heavy atom. The van der Waals surface area contributed by atoms with Crippen LogP contribution in [-0.4, -0.2) is 18.2 Å². The van der Waals surface area contributed by atoms with E-state index >= 15 is 0 Å². The van der Waals surface area contributed by atoms with Crippen LogP contribution in [0.3, 0.4) is 0 Å². The molecule has 0 radical (unpaired) electrons. The third kappa shape index (κ3) is 2.65. The molecule has 3 rings (SSSR count). The van der Waals surface area contributed by atoms with E-state index < -0.39 is 0 Å². The Kier molecular flexibility index (Phi) is 3.76. The van der Waals surface area contributed by atoms with Crippen molar-refractivity contribution >= 4 is 0 Å². The molecule has 2 nitrogen and oxygen atoms in total. The van der Waals surface area contributed by atoms with Gasteiger partial charge < -0.3 is 10.5 Å². The van der Waals surface area contributed by atoms with Crippen LogP contribution < -0.4 is 5.73 Å². The van der Waals surface area contributed by atoms with Crippen molar-refractivity contribution in [1.82, 2.24) is 0 Å². The number of rotatable bonds is 0. The molecule has 1 atom stereocenters. The lowest BCUT2D eigenvalue weighted by atomic mass is 9.75. The van der Waals surface area contributed by atoms with E-state index in [4.69, 9.17) is 10.5 Å². The van der Waals surface area contributed by atoms with Gasteiger partial charge in [-0.1, -0.05) is 30.4 Å². The zero-order chi connectivity index (χ0) is 12.4. The first-order valence-electron chi connectivity index (χ1n) is 7.87. The molecule has 0 amide bonds. The van der Waals surface area contributed by atoms with E-state index in [9.17, 15) is 0 Å². The van der Waals surface area contributed by atoms with Gasteiger partial charge in [0, 0.05) is 6.04 Å².